The van der Waals surface area contributed by atoms with E-state index in [0.717, 1.165) is 16.8 Å². The number of allylic oxidation sites excluding steroid dienone is 2. The van der Waals surface area contributed by atoms with Gasteiger partial charge < -0.3 is 5.32 Å². The van der Waals surface area contributed by atoms with Gasteiger partial charge in [0.25, 0.3) is 0 Å². The molecule has 27 heavy (non-hydrogen) atoms. The van der Waals surface area contributed by atoms with E-state index in [9.17, 15) is 18.0 Å². The summed E-state index contributed by atoms with van der Waals surface area (Å²) >= 11 is 0. The van der Waals surface area contributed by atoms with E-state index >= 15 is 0 Å². The normalized spacial score (nSPS) is 14.0. The van der Waals surface area contributed by atoms with Crippen LogP contribution in [0.4, 0.5) is 5.69 Å². The number of benzene rings is 3. The first-order valence-corrected chi connectivity index (χ1v) is 9.61. The Hall–Kier alpha value is -3.29. The van der Waals surface area contributed by atoms with Crippen molar-refractivity contribution < 1.29 is 18.0 Å². The minimum atomic E-state index is -4.12. The fourth-order valence-corrected chi connectivity index (χ4v) is 3.90. The molecule has 6 nitrogen and oxygen atoms in total. The molecule has 0 saturated carbocycles. The van der Waals surface area contributed by atoms with Crippen LogP contribution in [0.1, 0.15) is 20.7 Å². The number of nitrogens with one attached hydrogen (secondary N) is 1. The van der Waals surface area contributed by atoms with Gasteiger partial charge in [-0.3, -0.25) is 9.59 Å². The second kappa shape index (κ2) is 6.15. The van der Waals surface area contributed by atoms with Gasteiger partial charge in [-0.05, 0) is 29.0 Å². The van der Waals surface area contributed by atoms with Gasteiger partial charge in [0.2, 0.25) is 15.8 Å². The highest BCUT2D eigenvalue weighted by Gasteiger charge is 2.30. The van der Waals surface area contributed by atoms with Gasteiger partial charge in [-0.1, -0.05) is 42.5 Å². The smallest absolute Gasteiger partial charge is 0.238 e. The van der Waals surface area contributed by atoms with E-state index < -0.39 is 21.6 Å². The maximum absolute atomic E-state index is 12.8. The second-order valence-corrected chi connectivity index (χ2v) is 7.69. The summed E-state index contributed by atoms with van der Waals surface area (Å²) in [6.07, 6.45) is 1.11. The lowest BCUT2D eigenvalue weighted by atomic mass is 9.92. The number of carbonyl (C=O) groups is 2. The standard InChI is InChI=1S/C20H14N2O4S/c21-27(25,26)18-7-3-6-15-19(18)17(23)11-16(20(15)24)22-14-9-8-12-4-1-2-5-13(12)10-14/h1-11,22H,(H2,21,25,26). The molecule has 0 radical (unpaired) electrons. The van der Waals surface area contributed by atoms with Gasteiger partial charge in [0.1, 0.15) is 0 Å². The van der Waals surface area contributed by atoms with Crippen LogP contribution in [0, 0.1) is 0 Å². The predicted molar refractivity (Wildman–Crippen MR) is 102 cm³/mol. The molecule has 4 rings (SSSR count). The van der Waals surface area contributed by atoms with Crippen LogP contribution >= 0.6 is 0 Å². The molecule has 0 aliphatic heterocycles. The Labute approximate surface area is 155 Å². The third kappa shape index (κ3) is 3.03. The minimum absolute atomic E-state index is 0.0114. The highest BCUT2D eigenvalue weighted by atomic mass is 32.2. The lowest BCUT2D eigenvalue weighted by molar-refractivity contribution is 0.0983. The van der Waals surface area contributed by atoms with Crippen molar-refractivity contribution in [3.8, 4) is 0 Å². The zero-order chi connectivity index (χ0) is 19.2. The number of Topliss-reactive ketones (excluding diaryl/α,β-unsaturated/α-hetero) is 1. The van der Waals surface area contributed by atoms with Crippen LogP contribution in [0.5, 0.6) is 0 Å². The minimum Gasteiger partial charge on any atom is -0.352 e. The molecule has 0 saturated heterocycles. The first kappa shape index (κ1) is 17.1. The number of hydrogen-bond donors (Lipinski definition) is 2. The highest BCUT2D eigenvalue weighted by Crippen LogP contribution is 2.28. The van der Waals surface area contributed by atoms with Gasteiger partial charge in [0, 0.05) is 17.3 Å². The molecule has 0 spiro atoms. The monoisotopic (exact) mass is 378 g/mol. The maximum atomic E-state index is 12.8. The number of anilines is 1. The Morgan fingerprint density at radius 2 is 1.59 bits per heavy atom. The summed E-state index contributed by atoms with van der Waals surface area (Å²) in [6.45, 7) is 0. The third-order valence-corrected chi connectivity index (χ3v) is 5.33. The first-order valence-electron chi connectivity index (χ1n) is 8.07. The van der Waals surface area contributed by atoms with Crippen LogP contribution in [0.3, 0.4) is 0 Å². The van der Waals surface area contributed by atoms with Crippen LogP contribution in [0.25, 0.3) is 10.8 Å². The maximum Gasteiger partial charge on any atom is 0.238 e. The van der Waals surface area contributed by atoms with Gasteiger partial charge in [-0.2, -0.15) is 0 Å². The van der Waals surface area contributed by atoms with Crippen molar-refractivity contribution in [3.63, 3.8) is 0 Å². The Balaban J connectivity index is 1.75. The molecule has 0 unspecified atom stereocenters. The van der Waals surface area contributed by atoms with Gasteiger partial charge in [0.05, 0.1) is 16.2 Å². The Morgan fingerprint density at radius 1 is 0.852 bits per heavy atom. The quantitative estimate of drug-likeness (QED) is 0.729. The molecule has 3 aromatic rings. The number of nitrogens with two attached hydrogens (primary N) is 1. The lowest BCUT2D eigenvalue weighted by Gasteiger charge is -2.18. The zero-order valence-corrected chi connectivity index (χ0v) is 14.8. The topological polar surface area (TPSA) is 106 Å². The second-order valence-electron chi connectivity index (χ2n) is 6.16. The molecule has 1 aliphatic carbocycles. The van der Waals surface area contributed by atoms with E-state index in [-0.39, 0.29) is 21.7 Å². The van der Waals surface area contributed by atoms with Crippen molar-refractivity contribution in [3.05, 3.63) is 83.6 Å². The Bertz CT molecular complexity index is 1260. The van der Waals surface area contributed by atoms with Gasteiger partial charge in [-0.25, -0.2) is 13.6 Å². The summed E-state index contributed by atoms with van der Waals surface area (Å²) in [5.74, 6) is -1.05. The molecule has 0 atom stereocenters. The zero-order valence-electron chi connectivity index (χ0n) is 14.0. The van der Waals surface area contributed by atoms with E-state index in [0.29, 0.717) is 5.69 Å². The first-order chi connectivity index (χ1) is 12.8. The van der Waals surface area contributed by atoms with Crippen molar-refractivity contribution in [2.24, 2.45) is 5.14 Å². The lowest BCUT2D eigenvalue weighted by Crippen LogP contribution is -2.25. The number of hydrogen-bond acceptors (Lipinski definition) is 5. The average Bonchev–Trinajstić information content (AvgIpc) is 2.64. The third-order valence-electron chi connectivity index (χ3n) is 4.37. The van der Waals surface area contributed by atoms with E-state index in [4.69, 9.17) is 5.14 Å². The SMILES string of the molecule is NS(=O)(=O)c1cccc2c1C(=O)C=C(Nc1ccc3ccccc3c1)C2=O. The molecular weight excluding hydrogens is 364 g/mol. The summed E-state index contributed by atoms with van der Waals surface area (Å²) in [4.78, 5) is 25.0. The fraction of sp³-hybridized carbons (Fsp3) is 0. The molecule has 3 aromatic carbocycles. The van der Waals surface area contributed by atoms with Crippen LogP contribution in [0.2, 0.25) is 0 Å². The fourth-order valence-electron chi connectivity index (χ4n) is 3.14. The van der Waals surface area contributed by atoms with E-state index in [1.807, 2.05) is 36.4 Å². The van der Waals surface area contributed by atoms with Crippen LogP contribution < -0.4 is 10.5 Å². The van der Waals surface area contributed by atoms with Crippen molar-refractivity contribution in [1.82, 2.24) is 0 Å². The number of carbonyl (C=O) groups excluding carboxylic acids is 2. The van der Waals surface area contributed by atoms with Crippen LogP contribution in [-0.4, -0.2) is 20.0 Å². The highest BCUT2D eigenvalue weighted by molar-refractivity contribution is 7.89. The summed E-state index contributed by atoms with van der Waals surface area (Å²) in [6, 6.07) is 17.3. The van der Waals surface area contributed by atoms with Gasteiger partial charge in [-0.15, -0.1) is 0 Å². The summed E-state index contributed by atoms with van der Waals surface area (Å²) in [5, 5.41) is 10.2. The van der Waals surface area contributed by atoms with Crippen LogP contribution in [0.15, 0.2) is 77.3 Å². The van der Waals surface area contributed by atoms with E-state index in [1.165, 1.54) is 18.2 Å². The summed E-state index contributed by atoms with van der Waals surface area (Å²) < 4.78 is 23.5. The molecule has 0 bridgehead atoms. The molecule has 7 heteroatoms. The molecule has 0 heterocycles. The molecule has 0 fully saturated rings. The van der Waals surface area contributed by atoms with Crippen molar-refractivity contribution in [2.45, 2.75) is 4.90 Å². The van der Waals surface area contributed by atoms with E-state index in [2.05, 4.69) is 5.32 Å². The van der Waals surface area contributed by atoms with Crippen molar-refractivity contribution in [2.75, 3.05) is 5.32 Å². The van der Waals surface area contributed by atoms with Crippen molar-refractivity contribution in [1.29, 1.82) is 0 Å². The number of sulfonamides is 1. The molecule has 3 N–H and O–H groups in total. The molecule has 0 amide bonds. The van der Waals surface area contributed by atoms with E-state index in [1.54, 1.807) is 6.07 Å². The molecule has 1 aliphatic rings. The molecule has 0 aromatic heterocycles. The van der Waals surface area contributed by atoms with Crippen LogP contribution in [-0.2, 0) is 10.0 Å². The average molecular weight is 378 g/mol. The number of fused-ring (bicyclic) bond motifs is 2. The number of ketones is 2. The van der Waals surface area contributed by atoms with Gasteiger partial charge >= 0.3 is 0 Å². The number of rotatable bonds is 3. The number of primary sulfonamides is 1. The predicted octanol–water partition coefficient (Wildman–Crippen LogP) is 2.86. The molecule has 134 valence electrons. The summed E-state index contributed by atoms with van der Waals surface area (Å²) in [5.41, 5.74) is 0.549. The Morgan fingerprint density at radius 3 is 2.33 bits per heavy atom. The van der Waals surface area contributed by atoms with Crippen molar-refractivity contribution >= 4 is 38.0 Å². The van der Waals surface area contributed by atoms with Gasteiger partial charge in [0.15, 0.2) is 5.78 Å². The summed E-state index contributed by atoms with van der Waals surface area (Å²) in [7, 11) is -4.12. The molecular formula is C20H14N2O4S. The Kier molecular flexibility index (Phi) is 3.91. The largest absolute Gasteiger partial charge is 0.352 e.